The number of aliphatic hydroxyl groups is 1. The minimum atomic E-state index is -0.381. The van der Waals surface area contributed by atoms with E-state index < -0.39 is 0 Å². The molecule has 3 rings (SSSR count). The molecule has 2 aromatic carbocycles. The molecule has 1 aliphatic heterocycles. The Bertz CT molecular complexity index is 706. The van der Waals surface area contributed by atoms with Gasteiger partial charge in [0, 0.05) is 32.7 Å². The van der Waals surface area contributed by atoms with Crippen molar-refractivity contribution in [2.75, 3.05) is 19.6 Å². The number of β-amino-alcohol motifs (C(OH)–C–C–N with tert-alkyl or cyclic N) is 1. The Morgan fingerprint density at radius 3 is 2.62 bits per heavy atom. The van der Waals surface area contributed by atoms with Crippen LogP contribution in [0.2, 0.25) is 0 Å². The van der Waals surface area contributed by atoms with E-state index in [0.29, 0.717) is 25.2 Å². The largest absolute Gasteiger partial charge is 0.390 e. The lowest BCUT2D eigenvalue weighted by molar-refractivity contribution is 0.104. The molecule has 4 nitrogen and oxygen atoms in total. The highest BCUT2D eigenvalue weighted by atomic mass is 16.3. The summed E-state index contributed by atoms with van der Waals surface area (Å²) in [6, 6.07) is 18.2. The Morgan fingerprint density at radius 2 is 1.88 bits per heavy atom. The Morgan fingerprint density at radius 1 is 1.12 bits per heavy atom. The highest BCUT2D eigenvalue weighted by Crippen LogP contribution is 2.18. The first-order valence-electron chi connectivity index (χ1n) is 8.41. The fourth-order valence-corrected chi connectivity index (χ4v) is 3.15. The van der Waals surface area contributed by atoms with Crippen LogP contribution < -0.4 is 5.32 Å². The second-order valence-electron chi connectivity index (χ2n) is 6.35. The molecule has 1 aliphatic rings. The van der Waals surface area contributed by atoms with Gasteiger partial charge in [-0.1, -0.05) is 36.4 Å². The molecular weight excluding hydrogens is 298 g/mol. The SMILES string of the molecule is N#Cc1ccc(CNCC(O)CN2CCc3ccccc3C2)cc1. The number of hydrogen-bond acceptors (Lipinski definition) is 4. The lowest BCUT2D eigenvalue weighted by Crippen LogP contribution is -2.40. The summed E-state index contributed by atoms with van der Waals surface area (Å²) in [5, 5.41) is 22.3. The van der Waals surface area contributed by atoms with Gasteiger partial charge < -0.3 is 10.4 Å². The smallest absolute Gasteiger partial charge is 0.0991 e. The van der Waals surface area contributed by atoms with Crippen LogP contribution in [-0.2, 0) is 19.5 Å². The summed E-state index contributed by atoms with van der Waals surface area (Å²) in [4.78, 5) is 2.32. The van der Waals surface area contributed by atoms with Gasteiger partial charge in [0.15, 0.2) is 0 Å². The van der Waals surface area contributed by atoms with Gasteiger partial charge in [0.05, 0.1) is 17.7 Å². The number of fused-ring (bicyclic) bond motifs is 1. The molecule has 0 aliphatic carbocycles. The predicted octanol–water partition coefficient (Wildman–Crippen LogP) is 2.07. The zero-order valence-electron chi connectivity index (χ0n) is 13.8. The van der Waals surface area contributed by atoms with Crippen molar-refractivity contribution >= 4 is 0 Å². The maximum atomic E-state index is 10.3. The number of nitriles is 1. The lowest BCUT2D eigenvalue weighted by Gasteiger charge is -2.30. The summed E-state index contributed by atoms with van der Waals surface area (Å²) in [6.45, 7) is 3.88. The minimum absolute atomic E-state index is 0.381. The fourth-order valence-electron chi connectivity index (χ4n) is 3.15. The summed E-state index contributed by atoms with van der Waals surface area (Å²) in [5.74, 6) is 0. The van der Waals surface area contributed by atoms with Crippen molar-refractivity contribution in [2.24, 2.45) is 0 Å². The van der Waals surface area contributed by atoms with E-state index in [1.165, 1.54) is 11.1 Å². The molecule has 24 heavy (non-hydrogen) atoms. The molecule has 0 saturated heterocycles. The third-order valence-corrected chi connectivity index (χ3v) is 4.47. The van der Waals surface area contributed by atoms with Gasteiger partial charge in [-0.3, -0.25) is 4.90 Å². The monoisotopic (exact) mass is 321 g/mol. The lowest BCUT2D eigenvalue weighted by atomic mass is 10.00. The highest BCUT2D eigenvalue weighted by Gasteiger charge is 2.18. The van der Waals surface area contributed by atoms with E-state index in [-0.39, 0.29) is 6.10 Å². The Labute approximate surface area is 143 Å². The van der Waals surface area contributed by atoms with Crippen molar-refractivity contribution in [3.05, 3.63) is 70.8 Å². The predicted molar refractivity (Wildman–Crippen MR) is 94.3 cm³/mol. The number of aliphatic hydroxyl groups excluding tert-OH is 1. The van der Waals surface area contributed by atoms with Crippen LogP contribution in [0.25, 0.3) is 0 Å². The number of nitrogens with zero attached hydrogens (tertiary/aromatic N) is 2. The van der Waals surface area contributed by atoms with Crippen molar-refractivity contribution < 1.29 is 5.11 Å². The zero-order chi connectivity index (χ0) is 16.8. The average molecular weight is 321 g/mol. The molecule has 0 saturated carbocycles. The molecule has 124 valence electrons. The molecule has 0 fully saturated rings. The molecule has 0 radical (unpaired) electrons. The average Bonchev–Trinajstić information content (AvgIpc) is 2.62. The Kier molecular flexibility index (Phi) is 5.60. The van der Waals surface area contributed by atoms with Crippen molar-refractivity contribution in [1.29, 1.82) is 5.26 Å². The fraction of sp³-hybridized carbons (Fsp3) is 0.350. The molecule has 0 spiro atoms. The van der Waals surface area contributed by atoms with Crippen LogP contribution in [0.3, 0.4) is 0 Å². The molecule has 4 heteroatoms. The Hall–Kier alpha value is -2.19. The van der Waals surface area contributed by atoms with E-state index in [4.69, 9.17) is 5.26 Å². The maximum absolute atomic E-state index is 10.3. The molecule has 0 bridgehead atoms. The number of hydrogen-bond donors (Lipinski definition) is 2. The van der Waals surface area contributed by atoms with E-state index in [1.807, 2.05) is 24.3 Å². The zero-order valence-corrected chi connectivity index (χ0v) is 13.8. The Balaban J connectivity index is 1.41. The second kappa shape index (κ2) is 8.07. The van der Waals surface area contributed by atoms with E-state index in [2.05, 4.69) is 40.6 Å². The minimum Gasteiger partial charge on any atom is -0.390 e. The quantitative estimate of drug-likeness (QED) is 0.855. The summed E-state index contributed by atoms with van der Waals surface area (Å²) >= 11 is 0. The van der Waals surface area contributed by atoms with Crippen molar-refractivity contribution in [1.82, 2.24) is 10.2 Å². The maximum Gasteiger partial charge on any atom is 0.0991 e. The molecule has 1 atom stereocenters. The van der Waals surface area contributed by atoms with E-state index in [1.54, 1.807) is 0 Å². The van der Waals surface area contributed by atoms with E-state index in [9.17, 15) is 5.11 Å². The topological polar surface area (TPSA) is 59.3 Å². The van der Waals surface area contributed by atoms with E-state index in [0.717, 1.165) is 25.1 Å². The van der Waals surface area contributed by atoms with Gasteiger partial charge in [0.1, 0.15) is 0 Å². The summed E-state index contributed by atoms with van der Waals surface area (Å²) in [5.41, 5.74) is 4.60. The first-order valence-corrected chi connectivity index (χ1v) is 8.41. The summed E-state index contributed by atoms with van der Waals surface area (Å²) in [7, 11) is 0. The summed E-state index contributed by atoms with van der Waals surface area (Å²) in [6.07, 6.45) is 0.676. The molecule has 1 heterocycles. The van der Waals surface area contributed by atoms with Gasteiger partial charge in [-0.05, 0) is 35.2 Å². The van der Waals surface area contributed by atoms with Gasteiger partial charge in [0.2, 0.25) is 0 Å². The first kappa shape index (κ1) is 16.7. The molecule has 0 aromatic heterocycles. The van der Waals surface area contributed by atoms with Gasteiger partial charge in [-0.2, -0.15) is 5.26 Å². The third-order valence-electron chi connectivity index (χ3n) is 4.47. The summed E-state index contributed by atoms with van der Waals surface area (Å²) < 4.78 is 0. The van der Waals surface area contributed by atoms with Gasteiger partial charge in [-0.25, -0.2) is 0 Å². The van der Waals surface area contributed by atoms with Crippen molar-refractivity contribution in [3.63, 3.8) is 0 Å². The van der Waals surface area contributed by atoms with Crippen LogP contribution >= 0.6 is 0 Å². The van der Waals surface area contributed by atoms with Crippen molar-refractivity contribution in [2.45, 2.75) is 25.6 Å². The van der Waals surface area contributed by atoms with Gasteiger partial charge in [0.25, 0.3) is 0 Å². The van der Waals surface area contributed by atoms with Gasteiger partial charge >= 0.3 is 0 Å². The molecule has 1 unspecified atom stereocenters. The highest BCUT2D eigenvalue weighted by molar-refractivity contribution is 5.31. The van der Waals surface area contributed by atoms with Crippen LogP contribution in [0.4, 0.5) is 0 Å². The van der Waals surface area contributed by atoms with E-state index >= 15 is 0 Å². The van der Waals surface area contributed by atoms with Crippen LogP contribution in [0.5, 0.6) is 0 Å². The van der Waals surface area contributed by atoms with Crippen LogP contribution in [0.15, 0.2) is 48.5 Å². The van der Waals surface area contributed by atoms with Crippen molar-refractivity contribution in [3.8, 4) is 6.07 Å². The second-order valence-corrected chi connectivity index (χ2v) is 6.35. The number of benzene rings is 2. The molecule has 2 aromatic rings. The van der Waals surface area contributed by atoms with Crippen LogP contribution in [0, 0.1) is 11.3 Å². The standard InChI is InChI=1S/C20H23N3O/c21-11-16-5-7-17(8-6-16)12-22-13-20(24)15-23-10-9-18-3-1-2-4-19(18)14-23/h1-8,20,22,24H,9-10,12-15H2. The number of nitrogens with one attached hydrogen (secondary N) is 1. The molecule has 0 amide bonds. The molecule has 2 N–H and O–H groups in total. The van der Waals surface area contributed by atoms with Gasteiger partial charge in [-0.15, -0.1) is 0 Å². The number of rotatable bonds is 6. The molecular formula is C20H23N3O. The first-order chi connectivity index (χ1) is 11.7. The third kappa shape index (κ3) is 4.42. The van der Waals surface area contributed by atoms with Crippen LogP contribution in [0.1, 0.15) is 22.3 Å². The van der Waals surface area contributed by atoms with Crippen LogP contribution in [-0.4, -0.2) is 35.7 Å². The normalized spacial score (nSPS) is 15.5.